The van der Waals surface area contributed by atoms with Crippen molar-refractivity contribution in [2.75, 3.05) is 5.32 Å². The van der Waals surface area contributed by atoms with Crippen LogP contribution in [0, 0.1) is 5.92 Å². The first-order valence-corrected chi connectivity index (χ1v) is 9.58. The molecule has 1 aromatic carbocycles. The Kier molecular flexibility index (Phi) is 3.81. The molecule has 0 atom stereocenters. The summed E-state index contributed by atoms with van der Waals surface area (Å²) >= 11 is 0. The molecule has 3 N–H and O–H groups in total. The van der Waals surface area contributed by atoms with E-state index in [1.54, 1.807) is 0 Å². The number of hydrogen-bond donors (Lipinski definition) is 3. The van der Waals surface area contributed by atoms with E-state index in [9.17, 15) is 9.59 Å². The summed E-state index contributed by atoms with van der Waals surface area (Å²) in [4.78, 5) is 38.2. The fourth-order valence-corrected chi connectivity index (χ4v) is 4.29. The summed E-state index contributed by atoms with van der Waals surface area (Å²) in [6.07, 6.45) is 7.54. The van der Waals surface area contributed by atoms with E-state index in [1.165, 1.54) is 32.1 Å². The van der Waals surface area contributed by atoms with Gasteiger partial charge in [0.2, 0.25) is 5.91 Å². The van der Waals surface area contributed by atoms with Crippen molar-refractivity contribution in [3.63, 3.8) is 0 Å². The maximum absolute atomic E-state index is 11.7. The maximum Gasteiger partial charge on any atom is 0.326 e. The number of nitrogens with zero attached hydrogens (tertiary/aromatic N) is 2. The van der Waals surface area contributed by atoms with E-state index in [0.717, 1.165) is 34.6 Å². The quantitative estimate of drug-likeness (QED) is 0.665. The predicted molar refractivity (Wildman–Crippen MR) is 103 cm³/mol. The van der Waals surface area contributed by atoms with Gasteiger partial charge in [0, 0.05) is 11.3 Å². The van der Waals surface area contributed by atoms with Crippen molar-refractivity contribution in [1.82, 2.24) is 19.9 Å². The Morgan fingerprint density at radius 3 is 2.59 bits per heavy atom. The number of H-pyrrole nitrogens is 2. The minimum Gasteiger partial charge on any atom is -0.326 e. The third-order valence-corrected chi connectivity index (χ3v) is 5.65. The zero-order chi connectivity index (χ0) is 18.4. The predicted octanol–water partition coefficient (Wildman–Crippen LogP) is 2.93. The Morgan fingerprint density at radius 1 is 1.00 bits per heavy atom. The van der Waals surface area contributed by atoms with Crippen LogP contribution in [0.4, 0.5) is 5.69 Å². The normalized spacial score (nSPS) is 17.3. The lowest BCUT2D eigenvalue weighted by Crippen LogP contribution is -2.12. The molecular formula is C20H21N5O2. The second-order valence-electron chi connectivity index (χ2n) is 7.60. The molecule has 3 aromatic rings. The first-order valence-electron chi connectivity index (χ1n) is 9.58. The number of fused-ring (bicyclic) bond motifs is 2. The summed E-state index contributed by atoms with van der Waals surface area (Å²) in [5, 5.41) is 2.90. The van der Waals surface area contributed by atoms with Gasteiger partial charge in [0.1, 0.15) is 0 Å². The number of nitrogens with one attached hydrogen (secondary N) is 3. The summed E-state index contributed by atoms with van der Waals surface area (Å²) in [6, 6.07) is 5.92. The fraction of sp³-hybridized carbons (Fsp3) is 0.400. The van der Waals surface area contributed by atoms with Gasteiger partial charge in [0.15, 0.2) is 11.3 Å². The molecule has 0 bridgehead atoms. The highest BCUT2D eigenvalue weighted by molar-refractivity contribution is 6.00. The molecule has 0 unspecified atom stereocenters. The zero-order valence-corrected chi connectivity index (χ0v) is 15.0. The zero-order valence-electron chi connectivity index (χ0n) is 15.0. The Morgan fingerprint density at radius 2 is 1.78 bits per heavy atom. The van der Waals surface area contributed by atoms with Gasteiger partial charge in [0.05, 0.1) is 17.8 Å². The van der Waals surface area contributed by atoms with Gasteiger partial charge < -0.3 is 5.32 Å². The Balaban J connectivity index is 1.60. The van der Waals surface area contributed by atoms with Crippen molar-refractivity contribution >= 4 is 22.9 Å². The molecule has 2 aromatic heterocycles. The lowest BCUT2D eigenvalue weighted by atomic mass is 9.85. The number of carbonyl (C=O) groups excluding carboxylic acids is 1. The van der Waals surface area contributed by atoms with E-state index in [0.29, 0.717) is 23.6 Å². The topological polar surface area (TPSA) is 104 Å². The number of rotatable bonds is 3. The van der Waals surface area contributed by atoms with E-state index in [2.05, 4.69) is 15.3 Å². The molecule has 1 aliphatic heterocycles. The van der Waals surface area contributed by atoms with Crippen LogP contribution in [0.25, 0.3) is 22.6 Å². The van der Waals surface area contributed by atoms with E-state index in [4.69, 9.17) is 9.97 Å². The first-order chi connectivity index (χ1) is 13.2. The molecule has 7 heteroatoms. The lowest BCUT2D eigenvalue weighted by molar-refractivity contribution is -0.115. The number of aromatic amines is 2. The highest BCUT2D eigenvalue weighted by Gasteiger charge is 2.22. The summed E-state index contributed by atoms with van der Waals surface area (Å²) in [7, 11) is 0. The van der Waals surface area contributed by atoms with Crippen molar-refractivity contribution in [3.05, 3.63) is 39.9 Å². The molecule has 1 fully saturated rings. The molecule has 0 spiro atoms. The molecule has 27 heavy (non-hydrogen) atoms. The van der Waals surface area contributed by atoms with Gasteiger partial charge in [-0.05, 0) is 24.0 Å². The van der Waals surface area contributed by atoms with Crippen molar-refractivity contribution in [2.45, 2.75) is 44.9 Å². The van der Waals surface area contributed by atoms with Crippen LogP contribution in [0.3, 0.4) is 0 Å². The SMILES string of the molecule is O=C1Cc2ccc(-c3nc4[nH]c(=O)[nH]c4nc3CC3CCCCC3)cc2N1. The third kappa shape index (κ3) is 3.03. The summed E-state index contributed by atoms with van der Waals surface area (Å²) < 4.78 is 0. The van der Waals surface area contributed by atoms with Gasteiger partial charge in [-0.15, -0.1) is 0 Å². The highest BCUT2D eigenvalue weighted by Crippen LogP contribution is 2.33. The average molecular weight is 363 g/mol. The number of aromatic nitrogens is 4. The van der Waals surface area contributed by atoms with Gasteiger partial charge >= 0.3 is 5.69 Å². The van der Waals surface area contributed by atoms with Crippen LogP contribution in [0.2, 0.25) is 0 Å². The molecule has 2 aliphatic rings. The number of amides is 1. The van der Waals surface area contributed by atoms with E-state index in [-0.39, 0.29) is 11.6 Å². The number of hydrogen-bond acceptors (Lipinski definition) is 4. The maximum atomic E-state index is 11.7. The number of carbonyl (C=O) groups is 1. The second-order valence-corrected chi connectivity index (χ2v) is 7.60. The van der Waals surface area contributed by atoms with Gasteiger partial charge in [-0.1, -0.05) is 44.2 Å². The summed E-state index contributed by atoms with van der Waals surface area (Å²) in [5.41, 5.74) is 5.12. The van der Waals surface area contributed by atoms with Gasteiger partial charge in [-0.2, -0.15) is 0 Å². The first kappa shape index (κ1) is 16.2. The number of benzene rings is 1. The molecule has 0 saturated heterocycles. The van der Waals surface area contributed by atoms with E-state index < -0.39 is 0 Å². The van der Waals surface area contributed by atoms with Gasteiger partial charge in [-0.3, -0.25) is 14.8 Å². The molecule has 1 saturated carbocycles. The average Bonchev–Trinajstić information content (AvgIpc) is 3.21. The molecular weight excluding hydrogens is 342 g/mol. The molecule has 7 nitrogen and oxygen atoms in total. The van der Waals surface area contributed by atoms with Crippen LogP contribution >= 0.6 is 0 Å². The third-order valence-electron chi connectivity index (χ3n) is 5.65. The molecule has 5 rings (SSSR count). The Labute approximate surface area is 155 Å². The van der Waals surface area contributed by atoms with Crippen LogP contribution in [0.5, 0.6) is 0 Å². The molecule has 1 aliphatic carbocycles. The van der Waals surface area contributed by atoms with Gasteiger partial charge in [-0.25, -0.2) is 14.8 Å². The number of anilines is 1. The number of imidazole rings is 1. The molecule has 3 heterocycles. The van der Waals surface area contributed by atoms with Crippen LogP contribution in [-0.4, -0.2) is 25.8 Å². The highest BCUT2D eigenvalue weighted by atomic mass is 16.2. The van der Waals surface area contributed by atoms with Gasteiger partial charge in [0.25, 0.3) is 0 Å². The Hall–Kier alpha value is -2.96. The largest absolute Gasteiger partial charge is 0.326 e. The van der Waals surface area contributed by atoms with E-state index in [1.807, 2.05) is 18.2 Å². The summed E-state index contributed by atoms with van der Waals surface area (Å²) in [6.45, 7) is 0. The standard InChI is InChI=1S/C20H21N5O2/c26-16-10-12-6-7-13(9-14(12)21-16)17-15(8-11-4-2-1-3-5-11)22-18-19(23-17)25-20(27)24-18/h6-7,9,11H,1-5,8,10H2,(H,21,26)(H2,22,23,24,25,27). The molecule has 138 valence electrons. The molecule has 0 radical (unpaired) electrons. The van der Waals surface area contributed by atoms with Crippen molar-refractivity contribution in [1.29, 1.82) is 0 Å². The van der Waals surface area contributed by atoms with Crippen LogP contribution < -0.4 is 11.0 Å². The lowest BCUT2D eigenvalue weighted by Gasteiger charge is -2.22. The monoisotopic (exact) mass is 363 g/mol. The van der Waals surface area contributed by atoms with Crippen molar-refractivity contribution < 1.29 is 4.79 Å². The minimum absolute atomic E-state index is 0.0149. The minimum atomic E-state index is -0.299. The Bertz CT molecular complexity index is 1090. The second kappa shape index (κ2) is 6.33. The van der Waals surface area contributed by atoms with Crippen molar-refractivity contribution in [3.8, 4) is 11.3 Å². The van der Waals surface area contributed by atoms with Crippen LogP contribution in [-0.2, 0) is 17.6 Å². The summed E-state index contributed by atoms with van der Waals surface area (Å²) in [5.74, 6) is 0.616. The smallest absolute Gasteiger partial charge is 0.326 e. The molecule has 1 amide bonds. The van der Waals surface area contributed by atoms with E-state index >= 15 is 0 Å². The van der Waals surface area contributed by atoms with Crippen LogP contribution in [0.15, 0.2) is 23.0 Å². The fourth-order valence-electron chi connectivity index (χ4n) is 4.29. The van der Waals surface area contributed by atoms with Crippen LogP contribution in [0.1, 0.15) is 43.4 Å². The van der Waals surface area contributed by atoms with Crippen molar-refractivity contribution in [2.24, 2.45) is 5.92 Å².